The quantitative estimate of drug-likeness (QED) is 0.826. The number of benzene rings is 1. The third kappa shape index (κ3) is 4.01. The van der Waals surface area contributed by atoms with Gasteiger partial charge < -0.3 is 24.4 Å². The number of hydrogen-bond acceptors (Lipinski definition) is 6. The molecule has 1 aromatic carbocycles. The maximum atomic E-state index is 12.5. The van der Waals surface area contributed by atoms with Crippen LogP contribution in [0.2, 0.25) is 0 Å². The molecule has 2 amide bonds. The summed E-state index contributed by atoms with van der Waals surface area (Å²) in [5.74, 6) is 2.13. The first kappa shape index (κ1) is 18.9. The summed E-state index contributed by atoms with van der Waals surface area (Å²) in [4.78, 5) is 29.1. The van der Waals surface area contributed by atoms with Crippen LogP contribution in [0.25, 0.3) is 0 Å². The number of carbonyl (C=O) groups is 2. The number of anilines is 1. The number of fused-ring (bicyclic) bond motifs is 1. The molecule has 0 spiro atoms. The molecule has 1 saturated heterocycles. The molecule has 8 nitrogen and oxygen atoms in total. The molecule has 1 aromatic rings. The molecule has 2 fully saturated rings. The Hall–Kier alpha value is -2.48. The van der Waals surface area contributed by atoms with E-state index in [0.717, 1.165) is 12.8 Å². The molecule has 2 heterocycles. The molecule has 3 aliphatic rings. The highest BCUT2D eigenvalue weighted by molar-refractivity contribution is 5.94. The second-order valence-corrected chi connectivity index (χ2v) is 7.54. The van der Waals surface area contributed by atoms with Crippen molar-refractivity contribution in [3.63, 3.8) is 0 Å². The number of piperazine rings is 1. The van der Waals surface area contributed by atoms with Crippen molar-refractivity contribution in [3.05, 3.63) is 12.1 Å². The first-order valence-corrected chi connectivity index (χ1v) is 9.92. The van der Waals surface area contributed by atoms with Gasteiger partial charge in [-0.3, -0.25) is 14.5 Å². The first-order chi connectivity index (χ1) is 13.6. The zero-order valence-electron chi connectivity index (χ0n) is 16.2. The van der Waals surface area contributed by atoms with Crippen LogP contribution in [-0.2, 0) is 9.59 Å². The van der Waals surface area contributed by atoms with E-state index in [1.54, 1.807) is 19.2 Å². The number of nitrogens with one attached hydrogen (secondary N) is 1. The summed E-state index contributed by atoms with van der Waals surface area (Å²) in [7, 11) is 1.55. The van der Waals surface area contributed by atoms with Crippen molar-refractivity contribution in [1.82, 2.24) is 9.80 Å². The maximum absolute atomic E-state index is 12.5. The minimum Gasteiger partial charge on any atom is -0.494 e. The van der Waals surface area contributed by atoms with Gasteiger partial charge in [0.15, 0.2) is 11.5 Å². The Morgan fingerprint density at radius 1 is 1.11 bits per heavy atom. The molecule has 1 N–H and O–H groups in total. The average Bonchev–Trinajstić information content (AvgIpc) is 3.39. The van der Waals surface area contributed by atoms with Crippen LogP contribution in [0.3, 0.4) is 0 Å². The predicted octanol–water partition coefficient (Wildman–Crippen LogP) is 1.70. The Morgan fingerprint density at radius 3 is 2.46 bits per heavy atom. The van der Waals surface area contributed by atoms with Crippen molar-refractivity contribution >= 4 is 17.5 Å². The van der Waals surface area contributed by atoms with Gasteiger partial charge in [0.25, 0.3) is 0 Å². The molecule has 0 atom stereocenters. The molecule has 8 heteroatoms. The molecule has 28 heavy (non-hydrogen) atoms. The lowest BCUT2D eigenvalue weighted by Crippen LogP contribution is -2.51. The number of ether oxygens (including phenoxy) is 3. The first-order valence-electron chi connectivity index (χ1n) is 9.92. The molecular weight excluding hydrogens is 362 g/mol. The van der Waals surface area contributed by atoms with Gasteiger partial charge in [-0.25, -0.2) is 0 Å². The van der Waals surface area contributed by atoms with Crippen molar-refractivity contribution in [2.75, 3.05) is 51.9 Å². The van der Waals surface area contributed by atoms with Crippen molar-refractivity contribution < 1.29 is 23.8 Å². The number of methoxy groups -OCH3 is 1. The summed E-state index contributed by atoms with van der Waals surface area (Å²) in [6, 6.07) is 3.43. The number of amides is 2. The van der Waals surface area contributed by atoms with Crippen LogP contribution in [0.15, 0.2) is 12.1 Å². The van der Waals surface area contributed by atoms with Crippen LogP contribution in [0.1, 0.15) is 25.7 Å². The lowest BCUT2D eigenvalue weighted by atomic mass is 10.1. The van der Waals surface area contributed by atoms with Crippen molar-refractivity contribution in [2.45, 2.75) is 25.7 Å². The van der Waals surface area contributed by atoms with Crippen molar-refractivity contribution in [1.29, 1.82) is 0 Å². The summed E-state index contributed by atoms with van der Waals surface area (Å²) in [5, 5.41) is 2.90. The smallest absolute Gasteiger partial charge is 0.238 e. The number of nitrogens with zero attached hydrogens (tertiary/aromatic N) is 2. The van der Waals surface area contributed by atoms with Crippen molar-refractivity contribution in [3.8, 4) is 17.2 Å². The molecular formula is C20H27N3O5. The number of rotatable bonds is 5. The Morgan fingerprint density at radius 2 is 1.79 bits per heavy atom. The number of carbonyl (C=O) groups excluding carboxylic acids is 2. The fourth-order valence-corrected chi connectivity index (χ4v) is 4.14. The van der Waals surface area contributed by atoms with E-state index < -0.39 is 0 Å². The van der Waals surface area contributed by atoms with E-state index in [2.05, 4.69) is 10.2 Å². The van der Waals surface area contributed by atoms with Gasteiger partial charge >= 0.3 is 0 Å². The van der Waals surface area contributed by atoms with Crippen molar-refractivity contribution in [2.24, 2.45) is 5.92 Å². The third-order valence-electron chi connectivity index (χ3n) is 5.72. The summed E-state index contributed by atoms with van der Waals surface area (Å²) >= 11 is 0. The van der Waals surface area contributed by atoms with Crippen LogP contribution >= 0.6 is 0 Å². The van der Waals surface area contributed by atoms with Crippen LogP contribution < -0.4 is 19.5 Å². The van der Waals surface area contributed by atoms with Gasteiger partial charge in [-0.1, -0.05) is 12.8 Å². The van der Waals surface area contributed by atoms with Gasteiger partial charge in [0, 0.05) is 44.2 Å². The van der Waals surface area contributed by atoms with Crippen LogP contribution in [0.5, 0.6) is 17.2 Å². The van der Waals surface area contributed by atoms with E-state index in [0.29, 0.717) is 55.0 Å². The molecule has 0 unspecified atom stereocenters. The fourth-order valence-electron chi connectivity index (χ4n) is 4.14. The fraction of sp³-hybridized carbons (Fsp3) is 0.600. The molecule has 4 rings (SSSR count). The topological polar surface area (TPSA) is 80.3 Å². The Kier molecular flexibility index (Phi) is 5.57. The van der Waals surface area contributed by atoms with Crippen LogP contribution in [0, 0.1) is 5.92 Å². The molecule has 0 radical (unpaired) electrons. The van der Waals surface area contributed by atoms with Gasteiger partial charge in [0.2, 0.25) is 18.6 Å². The average molecular weight is 389 g/mol. The minimum atomic E-state index is -0.118. The second kappa shape index (κ2) is 8.26. The van der Waals surface area contributed by atoms with Crippen LogP contribution in [0.4, 0.5) is 5.69 Å². The third-order valence-corrected chi connectivity index (χ3v) is 5.72. The summed E-state index contributed by atoms with van der Waals surface area (Å²) in [6.45, 7) is 3.25. The lowest BCUT2D eigenvalue weighted by Gasteiger charge is -2.35. The highest BCUT2D eigenvalue weighted by Gasteiger charge is 2.30. The molecule has 1 aliphatic carbocycles. The Bertz CT molecular complexity index is 740. The van der Waals surface area contributed by atoms with E-state index >= 15 is 0 Å². The summed E-state index contributed by atoms with van der Waals surface area (Å²) in [5.41, 5.74) is 0.562. The minimum absolute atomic E-state index is 0.118. The van der Waals surface area contributed by atoms with E-state index in [-0.39, 0.29) is 25.2 Å². The van der Waals surface area contributed by atoms with Gasteiger partial charge in [-0.15, -0.1) is 0 Å². The monoisotopic (exact) mass is 389 g/mol. The largest absolute Gasteiger partial charge is 0.494 e. The maximum Gasteiger partial charge on any atom is 0.238 e. The molecule has 0 aromatic heterocycles. The van der Waals surface area contributed by atoms with E-state index in [4.69, 9.17) is 14.2 Å². The summed E-state index contributed by atoms with van der Waals surface area (Å²) in [6.07, 6.45) is 4.39. The summed E-state index contributed by atoms with van der Waals surface area (Å²) < 4.78 is 16.0. The van der Waals surface area contributed by atoms with Crippen LogP contribution in [-0.4, -0.2) is 68.2 Å². The van der Waals surface area contributed by atoms with E-state index in [9.17, 15) is 9.59 Å². The van der Waals surface area contributed by atoms with Gasteiger partial charge in [0.05, 0.1) is 19.3 Å². The van der Waals surface area contributed by atoms with Gasteiger partial charge in [0.1, 0.15) is 5.75 Å². The molecule has 1 saturated carbocycles. The molecule has 0 bridgehead atoms. The normalized spacial score (nSPS) is 19.7. The lowest BCUT2D eigenvalue weighted by molar-refractivity contribution is -0.137. The SMILES string of the molecule is COc1cc2c(cc1NC(=O)CN1CCN(C(=O)C3CCCC3)CC1)OCO2. The highest BCUT2D eigenvalue weighted by Crippen LogP contribution is 2.40. The molecule has 2 aliphatic heterocycles. The molecule has 152 valence electrons. The predicted molar refractivity (Wildman–Crippen MR) is 103 cm³/mol. The van der Waals surface area contributed by atoms with Gasteiger partial charge in [-0.2, -0.15) is 0 Å². The zero-order chi connectivity index (χ0) is 19.5. The Labute approximate surface area is 164 Å². The highest BCUT2D eigenvalue weighted by atomic mass is 16.7. The van der Waals surface area contributed by atoms with E-state index in [1.165, 1.54) is 12.8 Å². The van der Waals surface area contributed by atoms with Gasteiger partial charge in [-0.05, 0) is 12.8 Å². The standard InChI is InChI=1S/C20H27N3O5/c1-26-16-11-18-17(27-13-28-18)10-15(16)21-19(24)12-22-6-8-23(9-7-22)20(25)14-4-2-3-5-14/h10-11,14H,2-9,12-13H2,1H3,(H,21,24). The Balaban J connectivity index is 1.29. The number of hydrogen-bond donors (Lipinski definition) is 1. The zero-order valence-corrected chi connectivity index (χ0v) is 16.2. The van der Waals surface area contributed by atoms with E-state index in [1.807, 2.05) is 4.90 Å². The second-order valence-electron chi connectivity index (χ2n) is 7.54.